The number of hydrogen-bond donors (Lipinski definition) is 1. The summed E-state index contributed by atoms with van der Waals surface area (Å²) in [5.74, 6) is 0.0209. The molecule has 1 unspecified atom stereocenters. The number of amides is 1. The van der Waals surface area contributed by atoms with Crippen LogP contribution in [0.1, 0.15) is 32.4 Å². The molecular weight excluding hydrogens is 286 g/mol. The van der Waals surface area contributed by atoms with Crippen molar-refractivity contribution in [3.05, 3.63) is 34.9 Å². The molecule has 0 aromatic heterocycles. The highest BCUT2D eigenvalue weighted by atomic mass is 35.5. The third-order valence-electron chi connectivity index (χ3n) is 4.06. The Hall–Kier alpha value is -1.10. The lowest BCUT2D eigenvalue weighted by molar-refractivity contribution is -0.137. The first-order valence-electron chi connectivity index (χ1n) is 7.37. The first kappa shape index (κ1) is 16.3. The highest BCUT2D eigenvalue weighted by Crippen LogP contribution is 2.27. The molecule has 2 rings (SSSR count). The van der Waals surface area contributed by atoms with Crippen LogP contribution in [0.25, 0.3) is 0 Å². The Morgan fingerprint density at radius 2 is 1.81 bits per heavy atom. The van der Waals surface area contributed by atoms with Gasteiger partial charge in [0.15, 0.2) is 0 Å². The molecule has 1 fully saturated rings. The molecule has 5 heteroatoms. The standard InChI is InChI=1S/C16H24ClN3O/c1-12(13-6-4-5-7-14(13)17)19-8-10-20(11-9-19)15(21)16(2,3)18/h4-7,12H,8-11,18H2,1-3H3. The number of piperazine rings is 1. The molecule has 116 valence electrons. The molecule has 1 aromatic rings. The minimum absolute atomic E-state index is 0.0209. The lowest BCUT2D eigenvalue weighted by Gasteiger charge is -2.40. The van der Waals surface area contributed by atoms with Gasteiger partial charge in [-0.25, -0.2) is 0 Å². The fourth-order valence-corrected chi connectivity index (χ4v) is 3.02. The quantitative estimate of drug-likeness (QED) is 0.932. The maximum atomic E-state index is 12.2. The molecule has 1 atom stereocenters. The molecule has 1 heterocycles. The van der Waals surface area contributed by atoms with Crippen LogP contribution in [0.2, 0.25) is 5.02 Å². The molecule has 2 N–H and O–H groups in total. The average Bonchev–Trinajstić information content (AvgIpc) is 2.45. The zero-order valence-electron chi connectivity index (χ0n) is 13.0. The van der Waals surface area contributed by atoms with E-state index < -0.39 is 5.54 Å². The zero-order chi connectivity index (χ0) is 15.6. The van der Waals surface area contributed by atoms with Crippen molar-refractivity contribution in [3.63, 3.8) is 0 Å². The fourth-order valence-electron chi connectivity index (χ4n) is 2.73. The molecule has 1 aromatic carbocycles. The number of hydrogen-bond acceptors (Lipinski definition) is 3. The average molecular weight is 310 g/mol. The van der Waals surface area contributed by atoms with Crippen LogP contribution >= 0.6 is 11.6 Å². The van der Waals surface area contributed by atoms with Gasteiger partial charge in [0.25, 0.3) is 0 Å². The summed E-state index contributed by atoms with van der Waals surface area (Å²) in [6.07, 6.45) is 0. The zero-order valence-corrected chi connectivity index (χ0v) is 13.7. The number of nitrogens with two attached hydrogens (primary N) is 1. The predicted octanol–water partition coefficient (Wildman–Crippen LogP) is 2.28. The third-order valence-corrected chi connectivity index (χ3v) is 4.40. The van der Waals surface area contributed by atoms with Gasteiger partial charge in [-0.3, -0.25) is 9.69 Å². The van der Waals surface area contributed by atoms with E-state index in [1.54, 1.807) is 13.8 Å². The summed E-state index contributed by atoms with van der Waals surface area (Å²) in [4.78, 5) is 16.4. The molecule has 1 saturated heterocycles. The minimum Gasteiger partial charge on any atom is -0.339 e. The third kappa shape index (κ3) is 3.76. The molecule has 0 radical (unpaired) electrons. The molecule has 4 nitrogen and oxygen atoms in total. The van der Waals surface area contributed by atoms with Crippen molar-refractivity contribution < 1.29 is 4.79 Å². The number of benzene rings is 1. The van der Waals surface area contributed by atoms with Crippen molar-refractivity contribution in [1.29, 1.82) is 0 Å². The Labute approximate surface area is 131 Å². The van der Waals surface area contributed by atoms with Gasteiger partial charge in [0.2, 0.25) is 5.91 Å². The molecule has 1 amide bonds. The number of halogens is 1. The van der Waals surface area contributed by atoms with E-state index in [9.17, 15) is 4.79 Å². The number of nitrogens with zero attached hydrogens (tertiary/aromatic N) is 2. The van der Waals surface area contributed by atoms with Gasteiger partial charge < -0.3 is 10.6 Å². The van der Waals surface area contributed by atoms with Gasteiger partial charge >= 0.3 is 0 Å². The number of carbonyl (C=O) groups is 1. The molecule has 0 saturated carbocycles. The van der Waals surface area contributed by atoms with Gasteiger partial charge in [-0.1, -0.05) is 29.8 Å². The number of carbonyl (C=O) groups excluding carboxylic acids is 1. The van der Waals surface area contributed by atoms with Crippen LogP contribution in [0.4, 0.5) is 0 Å². The van der Waals surface area contributed by atoms with Crippen LogP contribution in [0, 0.1) is 0 Å². The van der Waals surface area contributed by atoms with Crippen molar-refractivity contribution in [2.45, 2.75) is 32.4 Å². The van der Waals surface area contributed by atoms with Gasteiger partial charge in [-0.15, -0.1) is 0 Å². The Morgan fingerprint density at radius 3 is 2.33 bits per heavy atom. The van der Waals surface area contributed by atoms with Crippen molar-refractivity contribution in [1.82, 2.24) is 9.80 Å². The van der Waals surface area contributed by atoms with Crippen LogP contribution in [0.5, 0.6) is 0 Å². The Balaban J connectivity index is 1.98. The van der Waals surface area contributed by atoms with E-state index >= 15 is 0 Å². The van der Waals surface area contributed by atoms with Gasteiger partial charge in [0.1, 0.15) is 0 Å². The van der Waals surface area contributed by atoms with E-state index in [1.165, 1.54) is 0 Å². The topological polar surface area (TPSA) is 49.6 Å². The molecular formula is C16H24ClN3O. The minimum atomic E-state index is -0.795. The molecule has 0 aliphatic carbocycles. The summed E-state index contributed by atoms with van der Waals surface area (Å²) in [5.41, 5.74) is 6.23. The van der Waals surface area contributed by atoms with Crippen LogP contribution in [0.15, 0.2) is 24.3 Å². The van der Waals surface area contributed by atoms with Gasteiger partial charge in [0, 0.05) is 37.2 Å². The Morgan fingerprint density at radius 1 is 1.24 bits per heavy atom. The highest BCUT2D eigenvalue weighted by molar-refractivity contribution is 6.31. The van der Waals surface area contributed by atoms with E-state index in [2.05, 4.69) is 17.9 Å². The van der Waals surface area contributed by atoms with Crippen molar-refractivity contribution in [2.24, 2.45) is 5.73 Å². The second-order valence-electron chi connectivity index (χ2n) is 6.25. The Kier molecular flexibility index (Phi) is 4.91. The highest BCUT2D eigenvalue weighted by Gasteiger charge is 2.31. The van der Waals surface area contributed by atoms with Crippen LogP contribution in [0.3, 0.4) is 0 Å². The fraction of sp³-hybridized carbons (Fsp3) is 0.562. The molecule has 0 bridgehead atoms. The lowest BCUT2D eigenvalue weighted by Crippen LogP contribution is -2.57. The van der Waals surface area contributed by atoms with Gasteiger partial charge in [-0.2, -0.15) is 0 Å². The lowest BCUT2D eigenvalue weighted by atomic mass is 10.0. The monoisotopic (exact) mass is 309 g/mol. The van der Waals surface area contributed by atoms with Crippen LogP contribution < -0.4 is 5.73 Å². The normalized spacial score (nSPS) is 18.6. The first-order chi connectivity index (χ1) is 9.80. The van der Waals surface area contributed by atoms with E-state index in [-0.39, 0.29) is 11.9 Å². The first-order valence-corrected chi connectivity index (χ1v) is 7.75. The van der Waals surface area contributed by atoms with E-state index in [1.807, 2.05) is 23.1 Å². The van der Waals surface area contributed by atoms with Gasteiger partial charge in [-0.05, 0) is 32.4 Å². The Bertz CT molecular complexity index is 504. The molecule has 1 aliphatic heterocycles. The number of rotatable bonds is 3. The molecule has 21 heavy (non-hydrogen) atoms. The van der Waals surface area contributed by atoms with Crippen molar-refractivity contribution >= 4 is 17.5 Å². The smallest absolute Gasteiger partial charge is 0.242 e. The molecule has 0 spiro atoms. The summed E-state index contributed by atoms with van der Waals surface area (Å²) in [5, 5.41) is 0.798. The predicted molar refractivity (Wildman–Crippen MR) is 86.3 cm³/mol. The summed E-state index contributed by atoms with van der Waals surface area (Å²) in [7, 11) is 0. The maximum Gasteiger partial charge on any atom is 0.242 e. The largest absolute Gasteiger partial charge is 0.339 e. The van der Waals surface area contributed by atoms with Crippen LogP contribution in [-0.2, 0) is 4.79 Å². The van der Waals surface area contributed by atoms with Gasteiger partial charge in [0.05, 0.1) is 5.54 Å². The van der Waals surface area contributed by atoms with Crippen LogP contribution in [-0.4, -0.2) is 47.4 Å². The maximum absolute atomic E-state index is 12.2. The SMILES string of the molecule is CC(c1ccccc1Cl)N1CCN(C(=O)C(C)(C)N)CC1. The molecule has 1 aliphatic rings. The second-order valence-corrected chi connectivity index (χ2v) is 6.65. The second kappa shape index (κ2) is 6.34. The summed E-state index contributed by atoms with van der Waals surface area (Å²) in [6.45, 7) is 8.79. The summed E-state index contributed by atoms with van der Waals surface area (Å²) >= 11 is 6.27. The van der Waals surface area contributed by atoms with E-state index in [4.69, 9.17) is 17.3 Å². The summed E-state index contributed by atoms with van der Waals surface area (Å²) in [6, 6.07) is 8.19. The summed E-state index contributed by atoms with van der Waals surface area (Å²) < 4.78 is 0. The van der Waals surface area contributed by atoms with Crippen molar-refractivity contribution in [2.75, 3.05) is 26.2 Å². The van der Waals surface area contributed by atoms with Crippen molar-refractivity contribution in [3.8, 4) is 0 Å². The van der Waals surface area contributed by atoms with E-state index in [0.29, 0.717) is 13.1 Å². The van der Waals surface area contributed by atoms with E-state index in [0.717, 1.165) is 23.7 Å².